The summed E-state index contributed by atoms with van der Waals surface area (Å²) in [7, 11) is 0. The Kier molecular flexibility index (Phi) is 5.65. The lowest BCUT2D eigenvalue weighted by molar-refractivity contribution is 0.628. The van der Waals surface area contributed by atoms with Crippen LogP contribution in [-0.2, 0) is 12.8 Å². The van der Waals surface area contributed by atoms with Crippen LogP contribution in [-0.4, -0.2) is 0 Å². The lowest BCUT2D eigenvalue weighted by Crippen LogP contribution is -1.89. The fraction of sp³-hybridized carbons (Fsp3) is 0.250. The van der Waals surface area contributed by atoms with E-state index in [0.717, 1.165) is 42.4 Å². The van der Waals surface area contributed by atoms with Gasteiger partial charge in [0.25, 0.3) is 0 Å². The highest BCUT2D eigenvalue weighted by Gasteiger charge is 2.07. The van der Waals surface area contributed by atoms with Crippen molar-refractivity contribution in [3.8, 4) is 22.3 Å². The normalized spacial score (nSPS) is 10.8. The minimum absolute atomic E-state index is 0.136. The van der Waals surface area contributed by atoms with E-state index in [1.54, 1.807) is 6.07 Å². The van der Waals surface area contributed by atoms with Crippen LogP contribution in [0.15, 0.2) is 66.7 Å². The van der Waals surface area contributed by atoms with Crippen molar-refractivity contribution < 1.29 is 4.39 Å². The third kappa shape index (κ3) is 4.17. The van der Waals surface area contributed by atoms with E-state index in [-0.39, 0.29) is 5.82 Å². The summed E-state index contributed by atoms with van der Waals surface area (Å²) in [5, 5.41) is 0. The summed E-state index contributed by atoms with van der Waals surface area (Å²) < 4.78 is 14.4. The van der Waals surface area contributed by atoms with Crippen molar-refractivity contribution in [1.29, 1.82) is 0 Å². The Morgan fingerprint density at radius 3 is 1.64 bits per heavy atom. The molecule has 0 aliphatic heterocycles. The zero-order valence-electron chi connectivity index (χ0n) is 15.1. The van der Waals surface area contributed by atoms with Crippen molar-refractivity contribution in [2.24, 2.45) is 0 Å². The summed E-state index contributed by atoms with van der Waals surface area (Å²) in [6.45, 7) is 4.31. The van der Waals surface area contributed by atoms with Crippen LogP contribution in [0.5, 0.6) is 0 Å². The average Bonchev–Trinajstić information content (AvgIpc) is 2.63. The molecule has 0 radical (unpaired) electrons. The topological polar surface area (TPSA) is 0 Å². The fourth-order valence-corrected chi connectivity index (χ4v) is 3.23. The molecule has 25 heavy (non-hydrogen) atoms. The second kappa shape index (κ2) is 8.11. The number of rotatable bonds is 6. The molecule has 0 atom stereocenters. The molecule has 0 N–H and O–H groups in total. The van der Waals surface area contributed by atoms with E-state index in [1.165, 1.54) is 11.1 Å². The number of halogens is 1. The molecule has 0 saturated carbocycles. The molecule has 3 rings (SSSR count). The third-order valence-corrected chi connectivity index (χ3v) is 4.59. The first kappa shape index (κ1) is 17.4. The lowest BCUT2D eigenvalue weighted by Gasteiger charge is -2.08. The standard InChI is InChI=1S/C24H25F/c1-3-5-18-7-10-20(11-8-18)21-12-14-22(15-13-21)23-16-9-19(6-4-2)17-24(23)25/h7-17H,3-6H2,1-2H3. The highest BCUT2D eigenvalue weighted by molar-refractivity contribution is 5.71. The van der Waals surface area contributed by atoms with Gasteiger partial charge in [-0.3, -0.25) is 0 Å². The second-order valence-electron chi connectivity index (χ2n) is 6.59. The number of benzene rings is 3. The second-order valence-corrected chi connectivity index (χ2v) is 6.59. The van der Waals surface area contributed by atoms with Crippen molar-refractivity contribution in [3.05, 3.63) is 83.7 Å². The van der Waals surface area contributed by atoms with Crippen molar-refractivity contribution in [1.82, 2.24) is 0 Å². The van der Waals surface area contributed by atoms with Crippen LogP contribution in [0.3, 0.4) is 0 Å². The molecule has 0 amide bonds. The maximum atomic E-state index is 14.4. The summed E-state index contributed by atoms with van der Waals surface area (Å²) in [6, 6.07) is 22.5. The van der Waals surface area contributed by atoms with Gasteiger partial charge in [0.1, 0.15) is 5.82 Å². The Labute approximate surface area is 150 Å². The molecule has 0 nitrogen and oxygen atoms in total. The molecule has 128 valence electrons. The van der Waals surface area contributed by atoms with Crippen LogP contribution in [0, 0.1) is 5.82 Å². The van der Waals surface area contributed by atoms with Crippen LogP contribution in [0.25, 0.3) is 22.3 Å². The predicted octanol–water partition coefficient (Wildman–Crippen LogP) is 7.06. The van der Waals surface area contributed by atoms with Gasteiger partial charge in [0, 0.05) is 5.56 Å². The quantitative estimate of drug-likeness (QED) is 0.453. The van der Waals surface area contributed by atoms with Gasteiger partial charge in [-0.1, -0.05) is 87.4 Å². The summed E-state index contributed by atoms with van der Waals surface area (Å²) in [5.41, 5.74) is 6.39. The van der Waals surface area contributed by atoms with Gasteiger partial charge in [0.15, 0.2) is 0 Å². The molecule has 0 unspecified atom stereocenters. The van der Waals surface area contributed by atoms with Gasteiger partial charge in [-0.2, -0.15) is 0 Å². The highest BCUT2D eigenvalue weighted by Crippen LogP contribution is 2.27. The SMILES string of the molecule is CCCc1ccc(-c2ccc(-c3ccc(CCC)cc3F)cc2)cc1. The van der Waals surface area contributed by atoms with E-state index >= 15 is 0 Å². The Morgan fingerprint density at radius 1 is 0.600 bits per heavy atom. The predicted molar refractivity (Wildman–Crippen MR) is 105 cm³/mol. The minimum Gasteiger partial charge on any atom is -0.206 e. The van der Waals surface area contributed by atoms with E-state index in [1.807, 2.05) is 24.3 Å². The first-order valence-corrected chi connectivity index (χ1v) is 9.19. The molecule has 1 heteroatoms. The zero-order chi connectivity index (χ0) is 17.6. The molecule has 0 heterocycles. The van der Waals surface area contributed by atoms with Crippen LogP contribution in [0.1, 0.15) is 37.8 Å². The van der Waals surface area contributed by atoms with E-state index in [9.17, 15) is 4.39 Å². The van der Waals surface area contributed by atoms with Gasteiger partial charge < -0.3 is 0 Å². The zero-order valence-corrected chi connectivity index (χ0v) is 15.1. The highest BCUT2D eigenvalue weighted by atomic mass is 19.1. The first-order valence-electron chi connectivity index (χ1n) is 9.19. The Morgan fingerprint density at radius 2 is 1.08 bits per heavy atom. The molecule has 0 spiro atoms. The minimum atomic E-state index is -0.136. The van der Waals surface area contributed by atoms with Crippen molar-refractivity contribution >= 4 is 0 Å². The summed E-state index contributed by atoms with van der Waals surface area (Å²) in [4.78, 5) is 0. The van der Waals surface area contributed by atoms with Gasteiger partial charge in [0.05, 0.1) is 0 Å². The number of aryl methyl sites for hydroxylation is 2. The van der Waals surface area contributed by atoms with Crippen molar-refractivity contribution in [3.63, 3.8) is 0 Å². The molecular formula is C24H25F. The van der Waals surface area contributed by atoms with Crippen LogP contribution >= 0.6 is 0 Å². The van der Waals surface area contributed by atoms with Crippen LogP contribution in [0.2, 0.25) is 0 Å². The Bertz CT molecular complexity index is 814. The maximum absolute atomic E-state index is 14.4. The largest absolute Gasteiger partial charge is 0.206 e. The molecule has 3 aromatic rings. The smallest absolute Gasteiger partial charge is 0.131 e. The summed E-state index contributed by atoms with van der Waals surface area (Å²) in [5.74, 6) is -0.136. The first-order chi connectivity index (χ1) is 12.2. The van der Waals surface area contributed by atoms with Crippen molar-refractivity contribution in [2.75, 3.05) is 0 Å². The third-order valence-electron chi connectivity index (χ3n) is 4.59. The molecule has 0 aliphatic rings. The monoisotopic (exact) mass is 332 g/mol. The average molecular weight is 332 g/mol. The summed E-state index contributed by atoms with van der Waals surface area (Å²) >= 11 is 0. The van der Waals surface area contributed by atoms with Gasteiger partial charge in [-0.15, -0.1) is 0 Å². The molecule has 3 aromatic carbocycles. The van der Waals surface area contributed by atoms with E-state index in [4.69, 9.17) is 0 Å². The molecular weight excluding hydrogens is 307 g/mol. The molecule has 0 aromatic heterocycles. The maximum Gasteiger partial charge on any atom is 0.131 e. The van der Waals surface area contributed by atoms with E-state index in [0.29, 0.717) is 5.56 Å². The molecule has 0 saturated heterocycles. The Balaban J connectivity index is 1.82. The van der Waals surface area contributed by atoms with Crippen LogP contribution in [0.4, 0.5) is 4.39 Å². The van der Waals surface area contributed by atoms with Gasteiger partial charge >= 0.3 is 0 Å². The molecule has 0 fully saturated rings. The summed E-state index contributed by atoms with van der Waals surface area (Å²) in [6.07, 6.45) is 4.23. The van der Waals surface area contributed by atoms with Gasteiger partial charge in [-0.25, -0.2) is 4.39 Å². The van der Waals surface area contributed by atoms with Crippen molar-refractivity contribution in [2.45, 2.75) is 39.5 Å². The lowest BCUT2D eigenvalue weighted by atomic mass is 9.97. The number of hydrogen-bond donors (Lipinski definition) is 0. The fourth-order valence-electron chi connectivity index (χ4n) is 3.23. The molecule has 0 aliphatic carbocycles. The Hall–Kier alpha value is -2.41. The van der Waals surface area contributed by atoms with Gasteiger partial charge in [0.2, 0.25) is 0 Å². The van der Waals surface area contributed by atoms with Crippen LogP contribution < -0.4 is 0 Å². The van der Waals surface area contributed by atoms with E-state index in [2.05, 4.69) is 50.2 Å². The van der Waals surface area contributed by atoms with Gasteiger partial charge in [-0.05, 0) is 46.7 Å². The van der Waals surface area contributed by atoms with E-state index < -0.39 is 0 Å². The molecule has 0 bridgehead atoms. The number of hydrogen-bond acceptors (Lipinski definition) is 0.